The Balaban J connectivity index is 2.08. The Morgan fingerprint density at radius 1 is 1.43 bits per heavy atom. The molecule has 0 bridgehead atoms. The Morgan fingerprint density at radius 2 is 2.10 bits per heavy atom. The van der Waals surface area contributed by atoms with Crippen molar-refractivity contribution in [3.05, 3.63) is 47.9 Å². The van der Waals surface area contributed by atoms with E-state index in [2.05, 4.69) is 0 Å². The first-order chi connectivity index (χ1) is 9.91. The third-order valence-corrected chi connectivity index (χ3v) is 4.47. The van der Waals surface area contributed by atoms with Crippen LogP contribution in [0.25, 0.3) is 0 Å². The van der Waals surface area contributed by atoms with E-state index in [9.17, 15) is 8.60 Å². The molecule has 0 aliphatic carbocycles. The minimum Gasteiger partial charge on any atom is -0.372 e. The number of nitrogens with two attached hydrogens (primary N) is 1. The Bertz CT molecular complexity index is 573. The molecule has 1 aliphatic rings. The van der Waals surface area contributed by atoms with E-state index in [1.165, 1.54) is 12.1 Å². The van der Waals surface area contributed by atoms with Gasteiger partial charge in [-0.1, -0.05) is 12.1 Å². The van der Waals surface area contributed by atoms with Gasteiger partial charge in [-0.2, -0.15) is 0 Å². The van der Waals surface area contributed by atoms with E-state index < -0.39 is 16.3 Å². The van der Waals surface area contributed by atoms with Crippen LogP contribution in [-0.4, -0.2) is 39.9 Å². The molecule has 2 atom stereocenters. The molecule has 114 valence electrons. The number of nitrogens with one attached hydrogen (secondary N) is 1. The zero-order chi connectivity index (χ0) is 15.5. The van der Waals surface area contributed by atoms with Crippen LogP contribution in [0.1, 0.15) is 12.0 Å². The molecule has 0 amide bonds. The van der Waals surface area contributed by atoms with Crippen LogP contribution in [0.2, 0.25) is 0 Å². The van der Waals surface area contributed by atoms with Crippen molar-refractivity contribution >= 4 is 16.5 Å². The molecule has 1 aliphatic heterocycles. The topological polar surface area (TPSA) is 70.2 Å². The van der Waals surface area contributed by atoms with Crippen molar-refractivity contribution in [2.45, 2.75) is 12.0 Å². The number of hydrogen-bond acceptors (Lipinski definition) is 4. The lowest BCUT2D eigenvalue weighted by Gasteiger charge is -2.36. The fraction of sp³-hybridized carbons (Fsp3) is 0.400. The van der Waals surface area contributed by atoms with Gasteiger partial charge in [0.2, 0.25) is 0 Å². The van der Waals surface area contributed by atoms with Gasteiger partial charge in [0.05, 0.1) is 12.3 Å². The van der Waals surface area contributed by atoms with Crippen molar-refractivity contribution in [1.82, 2.24) is 4.90 Å². The maximum absolute atomic E-state index is 13.0. The molecule has 1 aromatic rings. The highest BCUT2D eigenvalue weighted by Crippen LogP contribution is 2.25. The maximum atomic E-state index is 13.0. The van der Waals surface area contributed by atoms with Crippen LogP contribution in [0.3, 0.4) is 0 Å². The van der Waals surface area contributed by atoms with Gasteiger partial charge >= 0.3 is 0 Å². The Hall–Kier alpha value is -1.53. The summed E-state index contributed by atoms with van der Waals surface area (Å²) in [5, 5.41) is 8.21. The van der Waals surface area contributed by atoms with E-state index in [0.717, 1.165) is 13.0 Å². The van der Waals surface area contributed by atoms with Crippen molar-refractivity contribution < 1.29 is 8.60 Å². The lowest BCUT2D eigenvalue weighted by Crippen LogP contribution is -2.50. The van der Waals surface area contributed by atoms with E-state index in [-0.39, 0.29) is 5.82 Å². The molecular weight excluding hydrogens is 289 g/mol. The predicted molar refractivity (Wildman–Crippen MR) is 84.3 cm³/mol. The van der Waals surface area contributed by atoms with E-state index in [1.54, 1.807) is 24.5 Å². The molecule has 6 heteroatoms. The summed E-state index contributed by atoms with van der Waals surface area (Å²) in [4.78, 5) is 1.99. The lowest BCUT2D eigenvalue weighted by molar-refractivity contribution is 0.401. The summed E-state index contributed by atoms with van der Waals surface area (Å²) in [6, 6.07) is 5.94. The first-order valence-electron chi connectivity index (χ1n) is 6.78. The van der Waals surface area contributed by atoms with Gasteiger partial charge in [0.15, 0.2) is 0 Å². The molecule has 21 heavy (non-hydrogen) atoms. The zero-order valence-electron chi connectivity index (χ0n) is 12.0. The van der Waals surface area contributed by atoms with Gasteiger partial charge in [-0.25, -0.2) is 4.39 Å². The zero-order valence-corrected chi connectivity index (χ0v) is 12.8. The van der Waals surface area contributed by atoms with Crippen LogP contribution < -0.4 is 5.73 Å². The molecule has 0 spiro atoms. The minimum absolute atomic E-state index is 0.317. The highest BCUT2D eigenvalue weighted by Gasteiger charge is 2.33. The SMILES string of the molecule is CS(=O)CCCN1C=CC(N)(c2ccc(F)cc2)C(=N)C1. The fourth-order valence-corrected chi connectivity index (χ4v) is 2.87. The van der Waals surface area contributed by atoms with Crippen molar-refractivity contribution in [2.24, 2.45) is 5.73 Å². The predicted octanol–water partition coefficient (Wildman–Crippen LogP) is 1.60. The first-order valence-corrected chi connectivity index (χ1v) is 8.51. The average Bonchev–Trinajstić information content (AvgIpc) is 2.43. The van der Waals surface area contributed by atoms with Gasteiger partial charge in [0, 0.05) is 29.4 Å². The number of benzene rings is 1. The molecule has 0 radical (unpaired) electrons. The van der Waals surface area contributed by atoms with E-state index in [1.807, 2.05) is 11.1 Å². The Labute approximate surface area is 126 Å². The molecule has 1 heterocycles. The molecule has 0 fully saturated rings. The number of rotatable bonds is 5. The molecule has 1 aromatic carbocycles. The smallest absolute Gasteiger partial charge is 0.123 e. The summed E-state index contributed by atoms with van der Waals surface area (Å²) in [5.41, 5.74) is 6.41. The van der Waals surface area contributed by atoms with Crippen molar-refractivity contribution in [3.63, 3.8) is 0 Å². The molecule has 4 nitrogen and oxygen atoms in total. The summed E-state index contributed by atoms with van der Waals surface area (Å²) >= 11 is 0. The van der Waals surface area contributed by atoms with Crippen LogP contribution >= 0.6 is 0 Å². The third kappa shape index (κ3) is 3.77. The van der Waals surface area contributed by atoms with Gasteiger partial charge in [0.25, 0.3) is 0 Å². The largest absolute Gasteiger partial charge is 0.372 e. The van der Waals surface area contributed by atoms with E-state index in [0.29, 0.717) is 23.6 Å². The summed E-state index contributed by atoms with van der Waals surface area (Å²) in [5.74, 6) is 0.339. The number of hydrogen-bond donors (Lipinski definition) is 2. The van der Waals surface area contributed by atoms with Gasteiger partial charge in [0.1, 0.15) is 11.4 Å². The summed E-state index contributed by atoms with van der Waals surface area (Å²) in [6.45, 7) is 1.18. The fourth-order valence-electron chi connectivity index (χ4n) is 2.33. The van der Waals surface area contributed by atoms with Crippen LogP contribution in [0, 0.1) is 11.2 Å². The van der Waals surface area contributed by atoms with Gasteiger partial charge in [-0.15, -0.1) is 0 Å². The Kier molecular flexibility index (Phi) is 4.90. The van der Waals surface area contributed by atoms with Crippen LogP contribution in [-0.2, 0) is 16.3 Å². The minimum atomic E-state index is -0.974. The molecule has 3 N–H and O–H groups in total. The quantitative estimate of drug-likeness (QED) is 0.868. The van der Waals surface area contributed by atoms with Crippen molar-refractivity contribution in [3.8, 4) is 0 Å². The maximum Gasteiger partial charge on any atom is 0.123 e. The van der Waals surface area contributed by atoms with Gasteiger partial charge in [-0.05, 0) is 36.4 Å². The standard InChI is InChI=1S/C15H20FN3OS/c1-21(20)10-2-8-19-9-7-15(18,14(17)11-19)12-3-5-13(16)6-4-12/h3-7,9,17H,2,8,10-11,18H2,1H3. The monoisotopic (exact) mass is 309 g/mol. The average molecular weight is 309 g/mol. The van der Waals surface area contributed by atoms with E-state index >= 15 is 0 Å². The molecule has 0 aromatic heterocycles. The second kappa shape index (κ2) is 6.49. The molecule has 0 saturated carbocycles. The van der Waals surface area contributed by atoms with Gasteiger partial charge < -0.3 is 16.0 Å². The highest BCUT2D eigenvalue weighted by atomic mass is 32.2. The molecule has 2 rings (SSSR count). The lowest BCUT2D eigenvalue weighted by atomic mass is 9.84. The normalized spacial score (nSPS) is 23.4. The van der Waals surface area contributed by atoms with Crippen LogP contribution in [0.15, 0.2) is 36.5 Å². The number of nitrogens with zero attached hydrogens (tertiary/aromatic N) is 1. The number of halogens is 1. The summed E-state index contributed by atoms with van der Waals surface area (Å²) in [6.07, 6.45) is 6.15. The van der Waals surface area contributed by atoms with Crippen LogP contribution in [0.5, 0.6) is 0 Å². The summed E-state index contributed by atoms with van der Waals surface area (Å²) in [7, 11) is -0.791. The highest BCUT2D eigenvalue weighted by molar-refractivity contribution is 7.84. The molecule has 2 unspecified atom stereocenters. The molecule has 0 saturated heterocycles. The summed E-state index contributed by atoms with van der Waals surface area (Å²) < 4.78 is 24.0. The second-order valence-corrected chi connectivity index (χ2v) is 6.83. The molecular formula is C15H20FN3OS. The van der Waals surface area contributed by atoms with E-state index in [4.69, 9.17) is 11.1 Å². The first kappa shape index (κ1) is 15.9. The van der Waals surface area contributed by atoms with Crippen LogP contribution in [0.4, 0.5) is 4.39 Å². The second-order valence-electron chi connectivity index (χ2n) is 5.27. The van der Waals surface area contributed by atoms with Crippen molar-refractivity contribution in [1.29, 1.82) is 5.41 Å². The van der Waals surface area contributed by atoms with Gasteiger partial charge in [-0.3, -0.25) is 4.21 Å². The van der Waals surface area contributed by atoms with Crippen molar-refractivity contribution in [2.75, 3.05) is 25.1 Å². The third-order valence-electron chi connectivity index (χ3n) is 3.61. The Morgan fingerprint density at radius 3 is 2.67 bits per heavy atom.